The minimum absolute atomic E-state index is 0.0785. The van der Waals surface area contributed by atoms with Crippen molar-refractivity contribution in [3.63, 3.8) is 0 Å². The molecule has 3 atom stereocenters. The highest BCUT2D eigenvalue weighted by atomic mass is 16.5. The Kier molecular flexibility index (Phi) is 3.27. The van der Waals surface area contributed by atoms with Crippen molar-refractivity contribution in [1.82, 2.24) is 0 Å². The molecule has 0 aromatic heterocycles. The average molecular weight is 247 g/mol. The SMILES string of the molecule is CC1OCCC1C(N)c1ccc2c(c1)CCCO2. The zero-order valence-corrected chi connectivity index (χ0v) is 10.9. The van der Waals surface area contributed by atoms with E-state index in [1.54, 1.807) is 0 Å². The summed E-state index contributed by atoms with van der Waals surface area (Å²) in [4.78, 5) is 0. The van der Waals surface area contributed by atoms with E-state index in [1.165, 1.54) is 11.1 Å². The van der Waals surface area contributed by atoms with E-state index >= 15 is 0 Å². The van der Waals surface area contributed by atoms with Crippen LogP contribution in [0.3, 0.4) is 0 Å². The molecule has 2 aliphatic heterocycles. The molecule has 2 aliphatic rings. The predicted octanol–water partition coefficient (Wildman–Crippen LogP) is 2.44. The van der Waals surface area contributed by atoms with Crippen molar-refractivity contribution in [3.8, 4) is 5.75 Å². The summed E-state index contributed by atoms with van der Waals surface area (Å²) in [5, 5.41) is 0. The van der Waals surface area contributed by atoms with Gasteiger partial charge in [0.25, 0.3) is 0 Å². The number of fused-ring (bicyclic) bond motifs is 1. The van der Waals surface area contributed by atoms with Crippen LogP contribution in [0.5, 0.6) is 5.75 Å². The highest BCUT2D eigenvalue weighted by Gasteiger charge is 2.30. The molecule has 98 valence electrons. The molecule has 3 rings (SSSR count). The van der Waals surface area contributed by atoms with Gasteiger partial charge in [0.1, 0.15) is 5.75 Å². The fraction of sp³-hybridized carbons (Fsp3) is 0.600. The molecule has 1 fully saturated rings. The van der Waals surface area contributed by atoms with Gasteiger partial charge in [-0.25, -0.2) is 0 Å². The molecule has 0 bridgehead atoms. The first-order chi connectivity index (χ1) is 8.75. The van der Waals surface area contributed by atoms with E-state index in [9.17, 15) is 0 Å². The molecule has 18 heavy (non-hydrogen) atoms. The van der Waals surface area contributed by atoms with E-state index in [2.05, 4.69) is 25.1 Å². The van der Waals surface area contributed by atoms with E-state index in [4.69, 9.17) is 15.2 Å². The molecule has 0 spiro atoms. The quantitative estimate of drug-likeness (QED) is 0.873. The van der Waals surface area contributed by atoms with Crippen LogP contribution in [0.15, 0.2) is 18.2 Å². The molecule has 1 aromatic rings. The fourth-order valence-corrected chi connectivity index (χ4v) is 3.05. The third-order valence-corrected chi connectivity index (χ3v) is 4.21. The number of hydrogen-bond donors (Lipinski definition) is 1. The van der Waals surface area contributed by atoms with E-state index in [-0.39, 0.29) is 12.1 Å². The van der Waals surface area contributed by atoms with Crippen molar-refractivity contribution in [3.05, 3.63) is 29.3 Å². The number of aryl methyl sites for hydroxylation is 1. The molecule has 1 aromatic carbocycles. The third-order valence-electron chi connectivity index (χ3n) is 4.21. The average Bonchev–Trinajstić information content (AvgIpc) is 2.83. The Bertz CT molecular complexity index is 433. The van der Waals surface area contributed by atoms with Crippen LogP contribution < -0.4 is 10.5 Å². The summed E-state index contributed by atoms with van der Waals surface area (Å²) in [7, 11) is 0. The zero-order chi connectivity index (χ0) is 12.5. The number of hydrogen-bond acceptors (Lipinski definition) is 3. The molecule has 1 saturated heterocycles. The van der Waals surface area contributed by atoms with Crippen molar-refractivity contribution in [2.75, 3.05) is 13.2 Å². The molecule has 3 unspecified atom stereocenters. The van der Waals surface area contributed by atoms with Gasteiger partial charge < -0.3 is 15.2 Å². The largest absolute Gasteiger partial charge is 0.493 e. The summed E-state index contributed by atoms with van der Waals surface area (Å²) < 4.78 is 11.3. The first-order valence-corrected chi connectivity index (χ1v) is 6.88. The maximum atomic E-state index is 6.40. The second-order valence-corrected chi connectivity index (χ2v) is 5.37. The molecule has 2 N–H and O–H groups in total. The molecule has 0 saturated carbocycles. The minimum atomic E-state index is 0.0785. The molecule has 3 nitrogen and oxygen atoms in total. The van der Waals surface area contributed by atoms with Crippen LogP contribution in [0.2, 0.25) is 0 Å². The highest BCUT2D eigenvalue weighted by molar-refractivity contribution is 5.39. The standard InChI is InChI=1S/C15H21NO2/c1-10-13(6-8-17-10)15(16)12-4-5-14-11(9-12)3-2-7-18-14/h4-5,9-10,13,15H,2-3,6-8,16H2,1H3. The van der Waals surface area contributed by atoms with Crippen molar-refractivity contribution in [2.45, 2.75) is 38.3 Å². The fourth-order valence-electron chi connectivity index (χ4n) is 3.05. The van der Waals surface area contributed by atoms with Gasteiger partial charge in [-0.3, -0.25) is 0 Å². The van der Waals surface area contributed by atoms with Crippen LogP contribution in [-0.4, -0.2) is 19.3 Å². The van der Waals surface area contributed by atoms with Crippen LogP contribution in [0.4, 0.5) is 0 Å². The minimum Gasteiger partial charge on any atom is -0.493 e. The van der Waals surface area contributed by atoms with Gasteiger partial charge in [0.2, 0.25) is 0 Å². The summed E-state index contributed by atoms with van der Waals surface area (Å²) >= 11 is 0. The van der Waals surface area contributed by atoms with Gasteiger partial charge in [0, 0.05) is 18.6 Å². The van der Waals surface area contributed by atoms with E-state index in [1.807, 2.05) is 0 Å². The van der Waals surface area contributed by atoms with E-state index in [0.29, 0.717) is 5.92 Å². The maximum absolute atomic E-state index is 6.40. The maximum Gasteiger partial charge on any atom is 0.122 e. The van der Waals surface area contributed by atoms with Gasteiger partial charge in [0.15, 0.2) is 0 Å². The Morgan fingerprint density at radius 2 is 2.22 bits per heavy atom. The Morgan fingerprint density at radius 3 is 3.00 bits per heavy atom. The molecular formula is C15H21NO2. The lowest BCUT2D eigenvalue weighted by atomic mass is 9.87. The zero-order valence-electron chi connectivity index (χ0n) is 10.9. The lowest BCUT2D eigenvalue weighted by Crippen LogP contribution is -2.26. The van der Waals surface area contributed by atoms with Crippen molar-refractivity contribution < 1.29 is 9.47 Å². The van der Waals surface area contributed by atoms with Gasteiger partial charge in [0.05, 0.1) is 12.7 Å². The Labute approximate surface area is 108 Å². The van der Waals surface area contributed by atoms with Gasteiger partial charge in [-0.15, -0.1) is 0 Å². The second kappa shape index (κ2) is 4.90. The summed E-state index contributed by atoms with van der Waals surface area (Å²) in [6.07, 6.45) is 3.55. The molecule has 0 aliphatic carbocycles. The molecule has 0 amide bonds. The molecule has 0 radical (unpaired) electrons. The lowest BCUT2D eigenvalue weighted by Gasteiger charge is -2.24. The number of benzene rings is 1. The molecule has 3 heteroatoms. The van der Waals surface area contributed by atoms with Crippen molar-refractivity contribution >= 4 is 0 Å². The van der Waals surface area contributed by atoms with Crippen molar-refractivity contribution in [1.29, 1.82) is 0 Å². The molecule has 2 heterocycles. The first-order valence-electron chi connectivity index (χ1n) is 6.88. The third kappa shape index (κ3) is 2.13. The summed E-state index contributed by atoms with van der Waals surface area (Å²) in [5.74, 6) is 1.47. The highest BCUT2D eigenvalue weighted by Crippen LogP contribution is 2.34. The smallest absolute Gasteiger partial charge is 0.122 e. The lowest BCUT2D eigenvalue weighted by molar-refractivity contribution is 0.0995. The Balaban J connectivity index is 1.83. The normalized spacial score (nSPS) is 28.6. The van der Waals surface area contributed by atoms with Crippen molar-refractivity contribution in [2.24, 2.45) is 11.7 Å². The summed E-state index contributed by atoms with van der Waals surface area (Å²) in [5.41, 5.74) is 8.93. The van der Waals surface area contributed by atoms with Crippen LogP contribution in [0.25, 0.3) is 0 Å². The number of nitrogens with two attached hydrogens (primary N) is 1. The van der Waals surface area contributed by atoms with Crippen LogP contribution >= 0.6 is 0 Å². The van der Waals surface area contributed by atoms with Crippen LogP contribution in [-0.2, 0) is 11.2 Å². The monoisotopic (exact) mass is 247 g/mol. The topological polar surface area (TPSA) is 44.5 Å². The van der Waals surface area contributed by atoms with E-state index in [0.717, 1.165) is 38.2 Å². The van der Waals surface area contributed by atoms with Crippen LogP contribution in [0, 0.1) is 5.92 Å². The summed E-state index contributed by atoms with van der Waals surface area (Å²) in [6, 6.07) is 6.49. The number of ether oxygens (including phenoxy) is 2. The Hall–Kier alpha value is -1.06. The molecular weight excluding hydrogens is 226 g/mol. The van der Waals surface area contributed by atoms with Gasteiger partial charge in [-0.2, -0.15) is 0 Å². The number of rotatable bonds is 2. The van der Waals surface area contributed by atoms with Gasteiger partial charge >= 0.3 is 0 Å². The second-order valence-electron chi connectivity index (χ2n) is 5.37. The Morgan fingerprint density at radius 1 is 1.33 bits per heavy atom. The van der Waals surface area contributed by atoms with Gasteiger partial charge in [-0.1, -0.05) is 12.1 Å². The van der Waals surface area contributed by atoms with E-state index < -0.39 is 0 Å². The van der Waals surface area contributed by atoms with Gasteiger partial charge in [-0.05, 0) is 43.4 Å². The summed E-state index contributed by atoms with van der Waals surface area (Å²) in [6.45, 7) is 3.80. The predicted molar refractivity (Wildman–Crippen MR) is 70.7 cm³/mol. The first kappa shape index (κ1) is 12.0. The van der Waals surface area contributed by atoms with Crippen LogP contribution in [0.1, 0.15) is 36.9 Å².